The van der Waals surface area contributed by atoms with Crippen LogP contribution in [0.15, 0.2) is 29.3 Å². The third kappa shape index (κ3) is 5.28. The van der Waals surface area contributed by atoms with Gasteiger partial charge in [-0.3, -0.25) is 5.10 Å². The number of amides is 1. The number of aromatic nitrogens is 3. The molecule has 1 amide bonds. The maximum Gasteiger partial charge on any atom is 0.407 e. The van der Waals surface area contributed by atoms with Gasteiger partial charge in [-0.25, -0.2) is 22.5 Å². The van der Waals surface area contributed by atoms with Crippen molar-refractivity contribution in [2.45, 2.75) is 56.1 Å². The molecule has 0 radical (unpaired) electrons. The molecule has 1 aliphatic rings. The molecule has 0 spiro atoms. The molecule has 0 aromatic carbocycles. The van der Waals surface area contributed by atoms with Crippen LogP contribution in [-0.4, -0.2) is 60.2 Å². The molecule has 2 atom stereocenters. The first-order valence-corrected chi connectivity index (χ1v) is 11.3. The van der Waals surface area contributed by atoms with Gasteiger partial charge in [-0.15, -0.1) is 0 Å². The highest BCUT2D eigenvalue weighted by Crippen LogP contribution is 2.36. The monoisotopic (exact) mass is 436 g/mol. The van der Waals surface area contributed by atoms with Crippen LogP contribution < -0.4 is 10.6 Å². The number of carbonyl (C=O) groups excluding carboxylic acids is 1. The Labute approximate surface area is 176 Å². The summed E-state index contributed by atoms with van der Waals surface area (Å²) in [7, 11) is -0.565. The SMILES string of the molecule is CC(C)NC(=O)O[C@H]1CC[C@@H](c2cc(Nc3ccc(S(=O)(=O)N(C)C)cn3)n[nH]2)C1. The van der Waals surface area contributed by atoms with E-state index < -0.39 is 10.0 Å². The average molecular weight is 437 g/mol. The Morgan fingerprint density at radius 3 is 2.67 bits per heavy atom. The normalized spacial score (nSPS) is 19.3. The van der Waals surface area contributed by atoms with Gasteiger partial charge in [0.25, 0.3) is 0 Å². The molecule has 2 aromatic rings. The Kier molecular flexibility index (Phi) is 6.61. The van der Waals surface area contributed by atoms with E-state index in [4.69, 9.17) is 4.74 Å². The minimum absolute atomic E-state index is 0.0432. The van der Waals surface area contributed by atoms with Crippen molar-refractivity contribution >= 4 is 27.8 Å². The quantitative estimate of drug-likeness (QED) is 0.608. The zero-order chi connectivity index (χ0) is 21.9. The van der Waals surface area contributed by atoms with E-state index in [1.165, 1.54) is 26.4 Å². The molecule has 0 unspecified atom stereocenters. The molecule has 2 heterocycles. The van der Waals surface area contributed by atoms with Crippen LogP contribution in [-0.2, 0) is 14.8 Å². The summed E-state index contributed by atoms with van der Waals surface area (Å²) in [5.74, 6) is 1.30. The smallest absolute Gasteiger partial charge is 0.407 e. The maximum atomic E-state index is 12.1. The third-order valence-corrected chi connectivity index (χ3v) is 6.67. The molecule has 30 heavy (non-hydrogen) atoms. The molecular formula is C19H28N6O4S. The molecule has 0 saturated heterocycles. The molecule has 10 nitrogen and oxygen atoms in total. The van der Waals surface area contributed by atoms with E-state index >= 15 is 0 Å². The fraction of sp³-hybridized carbons (Fsp3) is 0.526. The number of hydrogen-bond acceptors (Lipinski definition) is 7. The lowest BCUT2D eigenvalue weighted by molar-refractivity contribution is 0.0981. The predicted octanol–water partition coefficient (Wildman–Crippen LogP) is 2.57. The van der Waals surface area contributed by atoms with Gasteiger partial charge in [-0.2, -0.15) is 5.10 Å². The molecule has 0 aliphatic heterocycles. The van der Waals surface area contributed by atoms with Crippen LogP contribution in [0.2, 0.25) is 0 Å². The van der Waals surface area contributed by atoms with Crippen molar-refractivity contribution in [1.29, 1.82) is 0 Å². The summed E-state index contributed by atoms with van der Waals surface area (Å²) in [5, 5.41) is 13.1. The van der Waals surface area contributed by atoms with Crippen LogP contribution in [0.25, 0.3) is 0 Å². The van der Waals surface area contributed by atoms with Gasteiger partial charge in [-0.05, 0) is 45.2 Å². The lowest BCUT2D eigenvalue weighted by Crippen LogP contribution is -2.33. The number of hydrogen-bond donors (Lipinski definition) is 3. The van der Waals surface area contributed by atoms with Gasteiger partial charge in [0, 0.05) is 44.0 Å². The second-order valence-corrected chi connectivity index (χ2v) is 9.99. The van der Waals surface area contributed by atoms with Crippen LogP contribution in [0, 0.1) is 0 Å². The molecule has 2 aromatic heterocycles. The van der Waals surface area contributed by atoms with E-state index in [-0.39, 0.29) is 29.1 Å². The number of alkyl carbamates (subject to hydrolysis) is 1. The molecular weight excluding hydrogens is 408 g/mol. The van der Waals surface area contributed by atoms with Gasteiger partial charge in [0.2, 0.25) is 10.0 Å². The number of nitrogens with zero attached hydrogens (tertiary/aromatic N) is 3. The summed E-state index contributed by atoms with van der Waals surface area (Å²) in [4.78, 5) is 16.1. The molecule has 1 saturated carbocycles. The Balaban J connectivity index is 1.57. The fourth-order valence-electron chi connectivity index (χ4n) is 3.31. The van der Waals surface area contributed by atoms with Gasteiger partial charge >= 0.3 is 6.09 Å². The van der Waals surface area contributed by atoms with Gasteiger partial charge in [-0.1, -0.05) is 0 Å². The largest absolute Gasteiger partial charge is 0.446 e. The van der Waals surface area contributed by atoms with Crippen LogP contribution >= 0.6 is 0 Å². The molecule has 164 valence electrons. The number of sulfonamides is 1. The number of rotatable bonds is 7. The van der Waals surface area contributed by atoms with Crippen molar-refractivity contribution in [3.05, 3.63) is 30.1 Å². The second-order valence-electron chi connectivity index (χ2n) is 7.84. The molecule has 1 fully saturated rings. The summed E-state index contributed by atoms with van der Waals surface area (Å²) in [6.45, 7) is 3.78. The van der Waals surface area contributed by atoms with Crippen molar-refractivity contribution < 1.29 is 17.9 Å². The van der Waals surface area contributed by atoms with Crippen molar-refractivity contribution in [2.75, 3.05) is 19.4 Å². The number of ether oxygens (including phenoxy) is 1. The maximum absolute atomic E-state index is 12.1. The van der Waals surface area contributed by atoms with Gasteiger partial charge in [0.05, 0.1) is 0 Å². The first-order valence-electron chi connectivity index (χ1n) is 9.83. The number of pyridine rings is 1. The molecule has 3 N–H and O–H groups in total. The van der Waals surface area contributed by atoms with Crippen LogP contribution in [0.1, 0.15) is 44.7 Å². The zero-order valence-corrected chi connectivity index (χ0v) is 18.4. The lowest BCUT2D eigenvalue weighted by atomic mass is 10.0. The Morgan fingerprint density at radius 2 is 2.03 bits per heavy atom. The molecule has 0 bridgehead atoms. The van der Waals surface area contributed by atoms with Crippen molar-refractivity contribution in [1.82, 2.24) is 24.8 Å². The molecule has 3 rings (SSSR count). The number of carbonyl (C=O) groups is 1. The fourth-order valence-corrected chi connectivity index (χ4v) is 4.16. The highest BCUT2D eigenvalue weighted by atomic mass is 32.2. The Morgan fingerprint density at radius 1 is 1.27 bits per heavy atom. The number of anilines is 2. The third-order valence-electron chi connectivity index (χ3n) is 4.87. The van der Waals surface area contributed by atoms with Crippen molar-refractivity contribution in [3.63, 3.8) is 0 Å². The predicted molar refractivity (Wildman–Crippen MR) is 112 cm³/mol. The van der Waals surface area contributed by atoms with Gasteiger partial charge in [0.1, 0.15) is 16.8 Å². The van der Waals surface area contributed by atoms with E-state index in [0.717, 1.165) is 29.3 Å². The van der Waals surface area contributed by atoms with E-state index in [1.807, 2.05) is 19.9 Å². The van der Waals surface area contributed by atoms with E-state index in [0.29, 0.717) is 11.6 Å². The summed E-state index contributed by atoms with van der Waals surface area (Å²) in [6, 6.07) is 5.03. The van der Waals surface area contributed by atoms with E-state index in [9.17, 15) is 13.2 Å². The second kappa shape index (κ2) is 9.00. The molecule has 1 aliphatic carbocycles. The van der Waals surface area contributed by atoms with E-state index in [2.05, 4.69) is 25.8 Å². The summed E-state index contributed by atoms with van der Waals surface area (Å²) in [5.41, 5.74) is 0.958. The van der Waals surface area contributed by atoms with Gasteiger partial charge in [0.15, 0.2) is 5.82 Å². The van der Waals surface area contributed by atoms with Gasteiger partial charge < -0.3 is 15.4 Å². The van der Waals surface area contributed by atoms with Crippen LogP contribution in [0.3, 0.4) is 0 Å². The first-order chi connectivity index (χ1) is 14.1. The van der Waals surface area contributed by atoms with Crippen molar-refractivity contribution in [3.8, 4) is 0 Å². The highest BCUT2D eigenvalue weighted by Gasteiger charge is 2.30. The zero-order valence-electron chi connectivity index (χ0n) is 17.5. The van der Waals surface area contributed by atoms with Crippen molar-refractivity contribution in [2.24, 2.45) is 0 Å². The minimum Gasteiger partial charge on any atom is -0.446 e. The Bertz CT molecular complexity index is 971. The number of nitrogens with one attached hydrogen (secondary N) is 3. The summed E-state index contributed by atoms with van der Waals surface area (Å²) in [6.07, 6.45) is 3.27. The van der Waals surface area contributed by atoms with E-state index in [1.54, 1.807) is 6.07 Å². The summed E-state index contributed by atoms with van der Waals surface area (Å²) >= 11 is 0. The van der Waals surface area contributed by atoms with Crippen LogP contribution in [0.5, 0.6) is 0 Å². The Hall–Kier alpha value is -2.66. The topological polar surface area (TPSA) is 129 Å². The first kappa shape index (κ1) is 22.0. The number of H-pyrrole nitrogens is 1. The minimum atomic E-state index is -3.51. The average Bonchev–Trinajstić information content (AvgIpc) is 3.30. The van der Waals surface area contributed by atoms with Crippen LogP contribution in [0.4, 0.5) is 16.4 Å². The lowest BCUT2D eigenvalue weighted by Gasteiger charge is -2.14. The standard InChI is InChI=1S/C19H28N6O4S/c1-12(2)21-19(26)29-14-6-5-13(9-14)16-10-18(24-23-16)22-17-8-7-15(11-20-17)30(27,28)25(3)4/h7-8,10-14H,5-6,9H2,1-4H3,(H,21,26)(H2,20,22,23,24)/t13-,14+/m1/s1. The molecule has 11 heteroatoms. The number of aromatic amines is 1. The highest BCUT2D eigenvalue weighted by molar-refractivity contribution is 7.89. The summed E-state index contributed by atoms with van der Waals surface area (Å²) < 4.78 is 30.8.